The van der Waals surface area contributed by atoms with Crippen molar-refractivity contribution in [1.29, 1.82) is 0 Å². The molecule has 4 rings (SSSR count). The van der Waals surface area contributed by atoms with E-state index >= 15 is 0 Å². The average molecular weight is 454 g/mol. The summed E-state index contributed by atoms with van der Waals surface area (Å²) < 4.78 is 38.4. The molecule has 1 aliphatic heterocycles. The highest BCUT2D eigenvalue weighted by Gasteiger charge is 2.30. The molecule has 156 valence electrons. The molecule has 2 heterocycles. The zero-order valence-corrected chi connectivity index (χ0v) is 17.1. The smallest absolute Gasteiger partial charge is 0.306 e. The van der Waals surface area contributed by atoms with Crippen LogP contribution >= 0.6 is 23.2 Å². The Kier molecular flexibility index (Phi) is 5.61. The van der Waals surface area contributed by atoms with Crippen LogP contribution in [-0.4, -0.2) is 21.4 Å². The number of nitrogens with one attached hydrogen (secondary N) is 1. The molecule has 3 aromatic rings. The summed E-state index contributed by atoms with van der Waals surface area (Å²) >= 11 is 12.3. The van der Waals surface area contributed by atoms with Crippen LogP contribution in [0.4, 0.5) is 13.2 Å². The molecule has 0 radical (unpaired) electrons. The third-order valence-corrected chi connectivity index (χ3v) is 5.64. The van der Waals surface area contributed by atoms with Gasteiger partial charge >= 0.3 is 6.18 Å². The van der Waals surface area contributed by atoms with Gasteiger partial charge in [0.15, 0.2) is 0 Å². The number of alkyl halides is 3. The van der Waals surface area contributed by atoms with Gasteiger partial charge < -0.3 is 4.98 Å². The summed E-state index contributed by atoms with van der Waals surface area (Å²) in [5.74, 6) is 0.245. The predicted molar refractivity (Wildman–Crippen MR) is 110 cm³/mol. The zero-order valence-electron chi connectivity index (χ0n) is 15.6. The van der Waals surface area contributed by atoms with Crippen LogP contribution in [0.15, 0.2) is 47.3 Å². The van der Waals surface area contributed by atoms with Crippen LogP contribution in [0.3, 0.4) is 0 Å². The Morgan fingerprint density at radius 1 is 1.10 bits per heavy atom. The fourth-order valence-corrected chi connectivity index (χ4v) is 3.86. The molecule has 1 aromatic heterocycles. The summed E-state index contributed by atoms with van der Waals surface area (Å²) in [4.78, 5) is 21.8. The van der Waals surface area contributed by atoms with Gasteiger partial charge in [0.05, 0.1) is 11.3 Å². The van der Waals surface area contributed by atoms with Crippen LogP contribution in [0.2, 0.25) is 10.0 Å². The lowest BCUT2D eigenvalue weighted by atomic mass is 10.0. The second-order valence-electron chi connectivity index (χ2n) is 7.11. The van der Waals surface area contributed by atoms with Crippen molar-refractivity contribution in [2.45, 2.75) is 25.7 Å². The number of fused-ring (bicyclic) bond motifs is 1. The van der Waals surface area contributed by atoms with Crippen LogP contribution in [-0.2, 0) is 25.7 Å². The second-order valence-corrected chi connectivity index (χ2v) is 7.95. The second kappa shape index (κ2) is 8.06. The number of aromatic amines is 1. The lowest BCUT2D eigenvalue weighted by Gasteiger charge is -2.28. The van der Waals surface area contributed by atoms with Gasteiger partial charge in [0.2, 0.25) is 0 Å². The fraction of sp³-hybridized carbons (Fsp3) is 0.238. The van der Waals surface area contributed by atoms with Crippen molar-refractivity contribution in [2.24, 2.45) is 0 Å². The Morgan fingerprint density at radius 2 is 1.83 bits per heavy atom. The molecule has 9 heteroatoms. The molecule has 0 saturated heterocycles. The van der Waals surface area contributed by atoms with Crippen LogP contribution in [0.5, 0.6) is 0 Å². The van der Waals surface area contributed by atoms with Gasteiger partial charge in [0, 0.05) is 40.8 Å². The van der Waals surface area contributed by atoms with Crippen molar-refractivity contribution in [3.63, 3.8) is 0 Å². The SMILES string of the molecule is O=c1[nH]c(-c2ccc(C(F)(F)F)cc2)nc2c1CCN(Cc1cc(Cl)ccc1Cl)C2. The molecular weight excluding hydrogens is 438 g/mol. The fourth-order valence-electron chi connectivity index (χ4n) is 3.49. The van der Waals surface area contributed by atoms with Crippen molar-refractivity contribution in [3.05, 3.63) is 85.2 Å². The van der Waals surface area contributed by atoms with E-state index in [4.69, 9.17) is 23.2 Å². The Hall–Kier alpha value is -2.35. The number of hydrogen-bond donors (Lipinski definition) is 1. The lowest BCUT2D eigenvalue weighted by Crippen LogP contribution is -2.35. The number of aromatic nitrogens is 2. The van der Waals surface area contributed by atoms with Gasteiger partial charge in [-0.2, -0.15) is 13.2 Å². The lowest BCUT2D eigenvalue weighted by molar-refractivity contribution is -0.137. The topological polar surface area (TPSA) is 49.0 Å². The van der Waals surface area contributed by atoms with Gasteiger partial charge in [-0.25, -0.2) is 4.98 Å². The van der Waals surface area contributed by atoms with E-state index in [1.165, 1.54) is 12.1 Å². The van der Waals surface area contributed by atoms with E-state index in [-0.39, 0.29) is 11.4 Å². The molecule has 1 N–H and O–H groups in total. The third kappa shape index (κ3) is 4.38. The summed E-state index contributed by atoms with van der Waals surface area (Å²) in [6.07, 6.45) is -3.90. The van der Waals surface area contributed by atoms with E-state index in [1.54, 1.807) is 18.2 Å². The molecule has 30 heavy (non-hydrogen) atoms. The van der Waals surface area contributed by atoms with E-state index < -0.39 is 11.7 Å². The van der Waals surface area contributed by atoms with Gasteiger partial charge in [-0.3, -0.25) is 9.69 Å². The predicted octanol–water partition coefficient (Wildman–Crippen LogP) is 5.32. The molecule has 0 fully saturated rings. The molecule has 0 atom stereocenters. The molecule has 0 saturated carbocycles. The summed E-state index contributed by atoms with van der Waals surface area (Å²) in [7, 11) is 0. The summed E-state index contributed by atoms with van der Waals surface area (Å²) in [5, 5.41) is 1.19. The number of halogens is 5. The molecule has 4 nitrogen and oxygen atoms in total. The molecular formula is C21H16Cl2F3N3O. The molecule has 0 bridgehead atoms. The highest BCUT2D eigenvalue weighted by atomic mass is 35.5. The van der Waals surface area contributed by atoms with Crippen LogP contribution in [0.1, 0.15) is 22.4 Å². The Morgan fingerprint density at radius 3 is 2.53 bits per heavy atom. The largest absolute Gasteiger partial charge is 0.416 e. The first-order valence-corrected chi connectivity index (χ1v) is 9.92. The molecule has 0 amide bonds. The molecule has 2 aromatic carbocycles. The Bertz CT molecular complexity index is 1140. The summed E-state index contributed by atoms with van der Waals surface area (Å²) in [6.45, 7) is 1.62. The number of H-pyrrole nitrogens is 1. The number of benzene rings is 2. The van der Waals surface area contributed by atoms with Crippen LogP contribution in [0.25, 0.3) is 11.4 Å². The number of hydrogen-bond acceptors (Lipinski definition) is 3. The summed E-state index contributed by atoms with van der Waals surface area (Å²) in [6, 6.07) is 9.82. The van der Waals surface area contributed by atoms with E-state index in [9.17, 15) is 18.0 Å². The maximum Gasteiger partial charge on any atom is 0.416 e. The molecule has 0 spiro atoms. The van der Waals surface area contributed by atoms with E-state index in [2.05, 4.69) is 14.9 Å². The summed E-state index contributed by atoms with van der Waals surface area (Å²) in [5.41, 5.74) is 1.47. The molecule has 0 unspecified atom stereocenters. The first kappa shape index (κ1) is 20.9. The highest BCUT2D eigenvalue weighted by molar-refractivity contribution is 6.33. The van der Waals surface area contributed by atoms with E-state index in [0.717, 1.165) is 17.7 Å². The zero-order chi connectivity index (χ0) is 21.5. The van der Waals surface area contributed by atoms with E-state index in [0.29, 0.717) is 52.9 Å². The molecule has 0 aliphatic carbocycles. The van der Waals surface area contributed by atoms with Crippen LogP contribution < -0.4 is 5.56 Å². The standard InChI is InChI=1S/C21H16Cl2F3N3O/c22-15-5-6-17(23)13(9-15)10-29-8-7-16-18(11-29)27-19(28-20(16)30)12-1-3-14(4-2-12)21(24,25)26/h1-6,9H,7-8,10-11H2,(H,27,28,30). The minimum atomic E-state index is -4.42. The van der Waals surface area contributed by atoms with Gasteiger partial charge in [-0.15, -0.1) is 0 Å². The third-order valence-electron chi connectivity index (χ3n) is 5.04. The number of rotatable bonds is 3. The molecule has 1 aliphatic rings. The van der Waals surface area contributed by atoms with Crippen molar-refractivity contribution in [2.75, 3.05) is 6.54 Å². The first-order valence-electron chi connectivity index (χ1n) is 9.16. The highest BCUT2D eigenvalue weighted by Crippen LogP contribution is 2.30. The maximum absolute atomic E-state index is 12.8. The van der Waals surface area contributed by atoms with Gasteiger partial charge in [0.25, 0.3) is 5.56 Å². The average Bonchev–Trinajstić information content (AvgIpc) is 2.70. The van der Waals surface area contributed by atoms with Gasteiger partial charge in [-0.05, 0) is 42.3 Å². The monoisotopic (exact) mass is 453 g/mol. The maximum atomic E-state index is 12.8. The Balaban J connectivity index is 1.60. The van der Waals surface area contributed by atoms with Crippen LogP contribution in [0, 0.1) is 0 Å². The van der Waals surface area contributed by atoms with Crippen molar-refractivity contribution < 1.29 is 13.2 Å². The van der Waals surface area contributed by atoms with Crippen molar-refractivity contribution >= 4 is 23.2 Å². The Labute approximate surface area is 180 Å². The minimum Gasteiger partial charge on any atom is -0.306 e. The quantitative estimate of drug-likeness (QED) is 0.583. The first-order chi connectivity index (χ1) is 14.2. The van der Waals surface area contributed by atoms with Crippen molar-refractivity contribution in [3.8, 4) is 11.4 Å². The van der Waals surface area contributed by atoms with Gasteiger partial charge in [-0.1, -0.05) is 35.3 Å². The van der Waals surface area contributed by atoms with Crippen molar-refractivity contribution in [1.82, 2.24) is 14.9 Å². The minimum absolute atomic E-state index is 0.245. The normalized spacial score (nSPS) is 14.6. The van der Waals surface area contributed by atoms with Gasteiger partial charge in [0.1, 0.15) is 5.82 Å². The number of nitrogens with zero attached hydrogens (tertiary/aromatic N) is 2. The van der Waals surface area contributed by atoms with E-state index in [1.807, 2.05) is 0 Å².